The summed E-state index contributed by atoms with van der Waals surface area (Å²) in [7, 11) is 0. The van der Waals surface area contributed by atoms with E-state index in [1.54, 1.807) is 18.7 Å². The Morgan fingerprint density at radius 1 is 0.909 bits per heavy atom. The first-order valence-corrected chi connectivity index (χ1v) is 12.1. The van der Waals surface area contributed by atoms with Gasteiger partial charge in [0.2, 0.25) is 0 Å². The maximum Gasteiger partial charge on any atom is 0.164 e. The van der Waals surface area contributed by atoms with E-state index in [1.165, 1.54) is 24.3 Å². The van der Waals surface area contributed by atoms with Gasteiger partial charge in [-0.2, -0.15) is 0 Å². The third-order valence-electron chi connectivity index (χ3n) is 6.58. The number of benzene rings is 3. The second-order valence-corrected chi connectivity index (χ2v) is 9.69. The van der Waals surface area contributed by atoms with Crippen LogP contribution in [0.15, 0.2) is 88.7 Å². The molecule has 1 fully saturated rings. The van der Waals surface area contributed by atoms with E-state index in [0.29, 0.717) is 18.5 Å². The van der Waals surface area contributed by atoms with Crippen molar-refractivity contribution >= 4 is 23.3 Å². The Kier molecular flexibility index (Phi) is 7.41. The van der Waals surface area contributed by atoms with E-state index < -0.39 is 5.41 Å². The third-order valence-corrected chi connectivity index (χ3v) is 7.66. The Morgan fingerprint density at radius 2 is 1.55 bits per heavy atom. The number of halogens is 1. The number of Topliss-reactive ketones (excluding diaryl/α,β-unsaturated/α-hetero) is 2. The van der Waals surface area contributed by atoms with Crippen LogP contribution in [0.3, 0.4) is 0 Å². The van der Waals surface area contributed by atoms with E-state index in [2.05, 4.69) is 29.2 Å². The van der Waals surface area contributed by atoms with Gasteiger partial charge in [0.15, 0.2) is 5.78 Å². The number of ketones is 2. The molecule has 1 heterocycles. The summed E-state index contributed by atoms with van der Waals surface area (Å²) in [5.41, 5.74) is 1.14. The van der Waals surface area contributed by atoms with Crippen LogP contribution in [-0.2, 0) is 10.2 Å². The van der Waals surface area contributed by atoms with Crippen molar-refractivity contribution in [3.05, 3.63) is 95.8 Å². The largest absolute Gasteiger partial charge is 0.303 e. The molecular weight excluding hydrogens is 433 g/mol. The molecule has 1 saturated heterocycles. The van der Waals surface area contributed by atoms with Gasteiger partial charge in [-0.3, -0.25) is 9.59 Å². The average Bonchev–Trinajstić information content (AvgIpc) is 2.84. The van der Waals surface area contributed by atoms with Gasteiger partial charge in [0, 0.05) is 28.3 Å². The highest BCUT2D eigenvalue weighted by atomic mass is 32.2. The van der Waals surface area contributed by atoms with Crippen molar-refractivity contribution < 1.29 is 14.0 Å². The zero-order valence-corrected chi connectivity index (χ0v) is 19.6. The van der Waals surface area contributed by atoms with E-state index >= 15 is 0 Å². The lowest BCUT2D eigenvalue weighted by atomic mass is 9.70. The van der Waals surface area contributed by atoms with Crippen molar-refractivity contribution in [2.75, 3.05) is 19.6 Å². The number of hydrogen-bond donors (Lipinski definition) is 0. The molecule has 0 bridgehead atoms. The molecule has 0 atom stereocenters. The van der Waals surface area contributed by atoms with Crippen LogP contribution in [0.25, 0.3) is 0 Å². The van der Waals surface area contributed by atoms with Gasteiger partial charge in [0.1, 0.15) is 11.6 Å². The summed E-state index contributed by atoms with van der Waals surface area (Å²) >= 11 is 1.70. The van der Waals surface area contributed by atoms with Crippen molar-refractivity contribution in [1.29, 1.82) is 0 Å². The average molecular weight is 462 g/mol. The van der Waals surface area contributed by atoms with Gasteiger partial charge in [-0.1, -0.05) is 48.2 Å². The first kappa shape index (κ1) is 23.4. The molecule has 0 aliphatic carbocycles. The topological polar surface area (TPSA) is 37.4 Å². The minimum absolute atomic E-state index is 0.0167. The Labute approximate surface area is 199 Å². The second-order valence-electron chi connectivity index (χ2n) is 8.57. The molecule has 1 aliphatic heterocycles. The molecule has 170 valence electrons. The van der Waals surface area contributed by atoms with Crippen LogP contribution >= 0.6 is 11.8 Å². The molecule has 4 rings (SSSR count). The molecule has 33 heavy (non-hydrogen) atoms. The summed E-state index contributed by atoms with van der Waals surface area (Å²) in [6.45, 7) is 3.88. The van der Waals surface area contributed by atoms with Crippen molar-refractivity contribution in [3.8, 4) is 0 Å². The lowest BCUT2D eigenvalue weighted by molar-refractivity contribution is -0.124. The molecule has 0 N–H and O–H groups in total. The highest BCUT2D eigenvalue weighted by Gasteiger charge is 2.41. The molecule has 0 spiro atoms. The van der Waals surface area contributed by atoms with Crippen LogP contribution in [0, 0.1) is 5.82 Å². The van der Waals surface area contributed by atoms with Crippen LogP contribution in [-0.4, -0.2) is 36.1 Å². The maximum absolute atomic E-state index is 13.1. The summed E-state index contributed by atoms with van der Waals surface area (Å²) in [5, 5.41) is 0. The normalized spacial score (nSPS) is 15.8. The zero-order chi connectivity index (χ0) is 23.3. The Morgan fingerprint density at radius 3 is 2.21 bits per heavy atom. The summed E-state index contributed by atoms with van der Waals surface area (Å²) in [5.74, 6) is -0.123. The highest BCUT2D eigenvalue weighted by Crippen LogP contribution is 2.43. The molecule has 1 aliphatic rings. The number of carbonyl (C=O) groups excluding carboxylic acids is 2. The van der Waals surface area contributed by atoms with E-state index in [1.807, 2.05) is 30.3 Å². The fraction of sp³-hybridized carbons (Fsp3) is 0.286. The van der Waals surface area contributed by atoms with Crippen LogP contribution in [0.4, 0.5) is 4.39 Å². The number of piperidine rings is 1. The fourth-order valence-electron chi connectivity index (χ4n) is 4.58. The Hall–Kier alpha value is -2.76. The van der Waals surface area contributed by atoms with Crippen molar-refractivity contribution in [2.24, 2.45) is 0 Å². The minimum atomic E-state index is -0.504. The fourth-order valence-corrected chi connectivity index (χ4v) is 5.64. The lowest BCUT2D eigenvalue weighted by Gasteiger charge is -2.41. The minimum Gasteiger partial charge on any atom is -0.303 e. The smallest absolute Gasteiger partial charge is 0.164 e. The Bertz CT molecular complexity index is 1110. The van der Waals surface area contributed by atoms with Crippen LogP contribution in [0.2, 0.25) is 0 Å². The van der Waals surface area contributed by atoms with Gasteiger partial charge in [0.25, 0.3) is 0 Å². The molecule has 0 unspecified atom stereocenters. The zero-order valence-electron chi connectivity index (χ0n) is 18.8. The van der Waals surface area contributed by atoms with Gasteiger partial charge in [0.05, 0.1) is 5.41 Å². The van der Waals surface area contributed by atoms with Gasteiger partial charge >= 0.3 is 0 Å². The Balaban J connectivity index is 1.45. The first-order valence-electron chi connectivity index (χ1n) is 11.3. The summed E-state index contributed by atoms with van der Waals surface area (Å²) in [6.07, 6.45) is 1.86. The van der Waals surface area contributed by atoms with E-state index in [4.69, 9.17) is 0 Å². The highest BCUT2D eigenvalue weighted by molar-refractivity contribution is 7.99. The number of likely N-dealkylation sites (tertiary alicyclic amines) is 1. The van der Waals surface area contributed by atoms with Gasteiger partial charge in [-0.05, 0) is 80.9 Å². The van der Waals surface area contributed by atoms with E-state index in [-0.39, 0.29) is 17.4 Å². The molecule has 5 heteroatoms. The molecular formula is C28H28FNO2S. The number of carbonyl (C=O) groups is 2. The first-order chi connectivity index (χ1) is 16.0. The van der Waals surface area contributed by atoms with Crippen LogP contribution in [0.5, 0.6) is 0 Å². The van der Waals surface area contributed by atoms with Gasteiger partial charge < -0.3 is 4.90 Å². The molecule has 0 amide bonds. The molecule has 3 aromatic carbocycles. The standard InChI is InChI=1S/C28H28FNO2S/c1-21(31)28(25-9-5-6-10-27(25)33-24-7-3-2-4-8-24)16-19-30(20-17-28)18-15-26(32)22-11-13-23(29)14-12-22/h2-14H,15-20H2,1H3. The predicted octanol–water partition coefficient (Wildman–Crippen LogP) is 6.17. The predicted molar refractivity (Wildman–Crippen MR) is 130 cm³/mol. The van der Waals surface area contributed by atoms with Gasteiger partial charge in [-0.25, -0.2) is 4.39 Å². The number of rotatable bonds is 8. The van der Waals surface area contributed by atoms with Crippen LogP contribution < -0.4 is 0 Å². The lowest BCUT2D eigenvalue weighted by Crippen LogP contribution is -2.47. The molecule has 0 radical (unpaired) electrons. The van der Waals surface area contributed by atoms with Crippen LogP contribution in [0.1, 0.15) is 42.1 Å². The summed E-state index contributed by atoms with van der Waals surface area (Å²) in [6, 6.07) is 24.2. The van der Waals surface area contributed by atoms with Gasteiger partial charge in [-0.15, -0.1) is 0 Å². The summed E-state index contributed by atoms with van der Waals surface area (Å²) in [4.78, 5) is 30.0. The van der Waals surface area contributed by atoms with E-state index in [9.17, 15) is 14.0 Å². The quantitative estimate of drug-likeness (QED) is 0.376. The van der Waals surface area contributed by atoms with Crippen molar-refractivity contribution in [1.82, 2.24) is 4.90 Å². The van der Waals surface area contributed by atoms with Crippen molar-refractivity contribution in [3.63, 3.8) is 0 Å². The SMILES string of the molecule is CC(=O)C1(c2ccccc2Sc2ccccc2)CCN(CCC(=O)c2ccc(F)cc2)CC1. The summed E-state index contributed by atoms with van der Waals surface area (Å²) < 4.78 is 13.1. The third kappa shape index (κ3) is 5.43. The van der Waals surface area contributed by atoms with Crippen molar-refractivity contribution in [2.45, 2.75) is 41.4 Å². The number of nitrogens with zero attached hydrogens (tertiary/aromatic N) is 1. The molecule has 0 saturated carbocycles. The molecule has 0 aromatic heterocycles. The molecule has 3 aromatic rings. The van der Waals surface area contributed by atoms with E-state index in [0.717, 1.165) is 41.3 Å². The second kappa shape index (κ2) is 10.4. The maximum atomic E-state index is 13.1. The monoisotopic (exact) mass is 461 g/mol. The molecule has 3 nitrogen and oxygen atoms in total. The number of hydrogen-bond acceptors (Lipinski definition) is 4.